The number of hydrogen-bond acceptors (Lipinski definition) is 4. The first-order valence-electron chi connectivity index (χ1n) is 7.78. The molecule has 1 saturated heterocycles. The highest BCUT2D eigenvalue weighted by atomic mass is 16.5. The number of benzene rings is 1. The van der Waals surface area contributed by atoms with Crippen molar-refractivity contribution < 1.29 is 14.3 Å². The molecule has 0 spiro atoms. The molecule has 1 aromatic rings. The lowest BCUT2D eigenvalue weighted by molar-refractivity contribution is -0.138. The lowest BCUT2D eigenvalue weighted by atomic mass is 10.0. The molecule has 1 aliphatic rings. The van der Waals surface area contributed by atoms with E-state index in [1.807, 2.05) is 55.1 Å². The summed E-state index contributed by atoms with van der Waals surface area (Å²) >= 11 is 0. The number of ether oxygens (including phenoxy) is 1. The quantitative estimate of drug-likeness (QED) is 0.847. The number of methoxy groups -OCH3 is 1. The van der Waals surface area contributed by atoms with Gasteiger partial charge in [0, 0.05) is 26.2 Å². The molecular weight excluding hydrogens is 294 g/mol. The highest BCUT2D eigenvalue weighted by Gasteiger charge is 2.31. The van der Waals surface area contributed by atoms with Gasteiger partial charge in [0.25, 0.3) is 0 Å². The van der Waals surface area contributed by atoms with Crippen LogP contribution in [0.3, 0.4) is 0 Å². The minimum Gasteiger partial charge on any atom is -0.453 e. The molecule has 2 rings (SSSR count). The van der Waals surface area contributed by atoms with Crippen LogP contribution in [0.2, 0.25) is 0 Å². The van der Waals surface area contributed by atoms with Gasteiger partial charge in [-0.05, 0) is 26.6 Å². The molecule has 0 N–H and O–H groups in total. The van der Waals surface area contributed by atoms with Crippen LogP contribution in [0.15, 0.2) is 24.3 Å². The van der Waals surface area contributed by atoms with Crippen LogP contribution in [0.25, 0.3) is 0 Å². The standard InChI is InChI=1S/C17H25N3O3/c1-13-5-7-14(8-6-13)15(18(2)3)16(21)19-9-11-20(12-10-19)17(22)23-4/h5-8,15H,9-12H2,1-4H3. The average Bonchev–Trinajstić information content (AvgIpc) is 2.56. The minimum atomic E-state index is -0.334. The SMILES string of the molecule is COC(=O)N1CCN(C(=O)C(c2ccc(C)cc2)N(C)C)CC1. The Morgan fingerprint density at radius 3 is 2.04 bits per heavy atom. The van der Waals surface area contributed by atoms with Gasteiger partial charge in [-0.25, -0.2) is 4.79 Å². The van der Waals surface area contributed by atoms with E-state index in [0.717, 1.165) is 5.56 Å². The van der Waals surface area contributed by atoms with E-state index in [9.17, 15) is 9.59 Å². The Morgan fingerprint density at radius 1 is 1.04 bits per heavy atom. The number of carbonyl (C=O) groups is 2. The summed E-state index contributed by atoms with van der Waals surface area (Å²) in [7, 11) is 5.19. The fraction of sp³-hybridized carbons (Fsp3) is 0.529. The van der Waals surface area contributed by atoms with E-state index in [0.29, 0.717) is 26.2 Å². The molecule has 126 valence electrons. The van der Waals surface area contributed by atoms with E-state index in [2.05, 4.69) is 0 Å². The van der Waals surface area contributed by atoms with Crippen molar-refractivity contribution in [3.8, 4) is 0 Å². The molecule has 1 aromatic carbocycles. The van der Waals surface area contributed by atoms with Crippen LogP contribution in [0, 0.1) is 6.92 Å². The molecule has 23 heavy (non-hydrogen) atoms. The topological polar surface area (TPSA) is 53.1 Å². The summed E-state index contributed by atoms with van der Waals surface area (Å²) in [6.45, 7) is 4.11. The third-order valence-corrected chi connectivity index (χ3v) is 4.17. The van der Waals surface area contributed by atoms with Crippen LogP contribution < -0.4 is 0 Å². The Balaban J connectivity index is 2.08. The molecule has 1 atom stereocenters. The third-order valence-electron chi connectivity index (χ3n) is 4.17. The molecule has 1 unspecified atom stereocenters. The molecular formula is C17H25N3O3. The fourth-order valence-corrected chi connectivity index (χ4v) is 2.82. The Hall–Kier alpha value is -2.08. The van der Waals surface area contributed by atoms with Gasteiger partial charge in [-0.2, -0.15) is 0 Å². The van der Waals surface area contributed by atoms with Crippen LogP contribution in [0.4, 0.5) is 4.79 Å². The van der Waals surface area contributed by atoms with E-state index in [4.69, 9.17) is 4.74 Å². The number of nitrogens with zero attached hydrogens (tertiary/aromatic N) is 3. The minimum absolute atomic E-state index is 0.0726. The lowest BCUT2D eigenvalue weighted by Gasteiger charge is -2.37. The smallest absolute Gasteiger partial charge is 0.409 e. The maximum atomic E-state index is 12.9. The predicted octanol–water partition coefficient (Wildman–Crippen LogP) is 1.51. The van der Waals surface area contributed by atoms with Crippen molar-refractivity contribution in [1.82, 2.24) is 14.7 Å². The van der Waals surface area contributed by atoms with Gasteiger partial charge in [0.1, 0.15) is 6.04 Å². The predicted molar refractivity (Wildman–Crippen MR) is 88.2 cm³/mol. The highest BCUT2D eigenvalue weighted by Crippen LogP contribution is 2.22. The van der Waals surface area contributed by atoms with Crippen LogP contribution in [0.5, 0.6) is 0 Å². The number of rotatable bonds is 3. The van der Waals surface area contributed by atoms with Crippen molar-refractivity contribution in [3.05, 3.63) is 35.4 Å². The van der Waals surface area contributed by atoms with Crippen molar-refractivity contribution in [2.75, 3.05) is 47.4 Å². The van der Waals surface area contributed by atoms with Crippen LogP contribution in [-0.4, -0.2) is 74.1 Å². The zero-order valence-corrected chi connectivity index (χ0v) is 14.3. The van der Waals surface area contributed by atoms with Crippen molar-refractivity contribution in [1.29, 1.82) is 0 Å². The average molecular weight is 319 g/mol. The first-order valence-corrected chi connectivity index (χ1v) is 7.78. The number of hydrogen-bond donors (Lipinski definition) is 0. The Bertz CT molecular complexity index is 549. The van der Waals surface area contributed by atoms with Gasteiger partial charge >= 0.3 is 6.09 Å². The molecule has 6 nitrogen and oxygen atoms in total. The Labute approximate surface area is 137 Å². The van der Waals surface area contributed by atoms with Crippen LogP contribution >= 0.6 is 0 Å². The van der Waals surface area contributed by atoms with Gasteiger partial charge in [-0.1, -0.05) is 29.8 Å². The Kier molecular flexibility index (Phi) is 5.60. The summed E-state index contributed by atoms with van der Waals surface area (Å²) in [5, 5.41) is 0. The summed E-state index contributed by atoms with van der Waals surface area (Å²) in [6, 6.07) is 7.74. The highest BCUT2D eigenvalue weighted by molar-refractivity contribution is 5.83. The van der Waals surface area contributed by atoms with Gasteiger partial charge in [-0.3, -0.25) is 9.69 Å². The second kappa shape index (κ2) is 7.46. The molecule has 2 amide bonds. The summed E-state index contributed by atoms with van der Waals surface area (Å²) in [6.07, 6.45) is -0.334. The fourth-order valence-electron chi connectivity index (χ4n) is 2.82. The van der Waals surface area contributed by atoms with Gasteiger partial charge in [0.05, 0.1) is 7.11 Å². The van der Waals surface area contributed by atoms with E-state index < -0.39 is 0 Å². The summed E-state index contributed by atoms with van der Waals surface area (Å²) in [5.74, 6) is 0.0726. The van der Waals surface area contributed by atoms with Crippen molar-refractivity contribution in [2.24, 2.45) is 0 Å². The molecule has 0 saturated carbocycles. The van der Waals surface area contributed by atoms with Gasteiger partial charge in [0.15, 0.2) is 0 Å². The number of likely N-dealkylation sites (N-methyl/N-ethyl adjacent to an activating group) is 1. The molecule has 0 radical (unpaired) electrons. The van der Waals surface area contributed by atoms with E-state index in [1.165, 1.54) is 12.7 Å². The van der Waals surface area contributed by atoms with E-state index in [-0.39, 0.29) is 18.0 Å². The molecule has 1 aliphatic heterocycles. The summed E-state index contributed by atoms with van der Waals surface area (Å²) in [4.78, 5) is 29.8. The van der Waals surface area contributed by atoms with Crippen molar-refractivity contribution in [3.63, 3.8) is 0 Å². The largest absolute Gasteiger partial charge is 0.453 e. The molecule has 0 aliphatic carbocycles. The number of piperazine rings is 1. The first kappa shape index (κ1) is 17.3. The van der Waals surface area contributed by atoms with Crippen molar-refractivity contribution in [2.45, 2.75) is 13.0 Å². The zero-order valence-electron chi connectivity index (χ0n) is 14.3. The number of amides is 2. The molecule has 1 fully saturated rings. The van der Waals surface area contributed by atoms with E-state index in [1.54, 1.807) is 4.90 Å². The zero-order chi connectivity index (χ0) is 17.0. The Morgan fingerprint density at radius 2 is 1.57 bits per heavy atom. The monoisotopic (exact) mass is 319 g/mol. The second-order valence-corrected chi connectivity index (χ2v) is 6.06. The summed E-state index contributed by atoms with van der Waals surface area (Å²) < 4.78 is 4.73. The maximum absolute atomic E-state index is 12.9. The molecule has 6 heteroatoms. The number of carbonyl (C=O) groups excluding carboxylic acids is 2. The van der Waals surface area contributed by atoms with Gasteiger partial charge in [0.2, 0.25) is 5.91 Å². The molecule has 0 bridgehead atoms. The molecule has 0 aromatic heterocycles. The molecule has 1 heterocycles. The van der Waals surface area contributed by atoms with Crippen LogP contribution in [-0.2, 0) is 9.53 Å². The third kappa shape index (κ3) is 4.01. The summed E-state index contributed by atoms with van der Waals surface area (Å²) in [5.41, 5.74) is 2.16. The maximum Gasteiger partial charge on any atom is 0.409 e. The first-order chi connectivity index (χ1) is 10.9. The number of aryl methyl sites for hydroxylation is 1. The van der Waals surface area contributed by atoms with Gasteiger partial charge < -0.3 is 14.5 Å². The van der Waals surface area contributed by atoms with Crippen LogP contribution in [0.1, 0.15) is 17.2 Å². The lowest BCUT2D eigenvalue weighted by Crippen LogP contribution is -2.52. The second-order valence-electron chi connectivity index (χ2n) is 6.06. The van der Waals surface area contributed by atoms with E-state index >= 15 is 0 Å². The van der Waals surface area contributed by atoms with Crippen molar-refractivity contribution >= 4 is 12.0 Å². The normalized spacial score (nSPS) is 16.4. The van der Waals surface area contributed by atoms with Gasteiger partial charge in [-0.15, -0.1) is 0 Å².